The summed E-state index contributed by atoms with van der Waals surface area (Å²) in [5, 5.41) is 14.4. The number of carbonyl (C=O) groups is 1. The van der Waals surface area contributed by atoms with Gasteiger partial charge in [0, 0.05) is 61.7 Å². The molecule has 0 bridgehead atoms. The minimum atomic E-state index is -4.51. The van der Waals surface area contributed by atoms with Crippen molar-refractivity contribution in [2.24, 2.45) is 5.92 Å². The fraction of sp³-hybridized carbons (Fsp3) is 0.586. The lowest BCUT2D eigenvalue weighted by Gasteiger charge is -2.32. The zero-order valence-electron chi connectivity index (χ0n) is 21.9. The first-order chi connectivity index (χ1) is 18.8. The predicted molar refractivity (Wildman–Crippen MR) is 138 cm³/mol. The Morgan fingerprint density at radius 3 is 2.82 bits per heavy atom. The molecule has 3 aliphatic heterocycles. The number of hydrogen-bond donors (Lipinski definition) is 2. The Morgan fingerprint density at radius 1 is 1.15 bits per heavy atom. The van der Waals surface area contributed by atoms with E-state index in [1.54, 1.807) is 0 Å². The summed E-state index contributed by atoms with van der Waals surface area (Å²) in [6.07, 6.45) is 0.902. The summed E-state index contributed by atoms with van der Waals surface area (Å²) in [6, 6.07) is 7.89. The molecule has 2 fully saturated rings. The molecule has 0 radical (unpaired) electrons. The van der Waals surface area contributed by atoms with Crippen molar-refractivity contribution in [1.29, 1.82) is 0 Å². The molecule has 1 amide bonds. The number of rotatable bonds is 7. The van der Waals surface area contributed by atoms with E-state index in [1.165, 1.54) is 22.2 Å². The van der Waals surface area contributed by atoms with Gasteiger partial charge in [0.1, 0.15) is 6.23 Å². The van der Waals surface area contributed by atoms with E-state index in [-0.39, 0.29) is 18.2 Å². The number of amides is 1. The highest BCUT2D eigenvalue weighted by molar-refractivity contribution is 5.97. The number of alkyl halides is 3. The van der Waals surface area contributed by atoms with Gasteiger partial charge in [0.2, 0.25) is 0 Å². The molecular formula is C29H35F3N4O3. The number of fused-ring (bicyclic) bond motifs is 2. The molecule has 4 aliphatic rings. The van der Waals surface area contributed by atoms with Crippen LogP contribution in [0.25, 0.3) is 0 Å². The van der Waals surface area contributed by atoms with Gasteiger partial charge in [0.15, 0.2) is 0 Å². The van der Waals surface area contributed by atoms with E-state index in [2.05, 4.69) is 21.3 Å². The van der Waals surface area contributed by atoms with Gasteiger partial charge in [-0.15, -0.1) is 0 Å². The lowest BCUT2D eigenvalue weighted by Crippen LogP contribution is -2.51. The molecule has 5 unspecified atom stereocenters. The third kappa shape index (κ3) is 5.57. The first kappa shape index (κ1) is 26.7. The maximum atomic E-state index is 13.2. The van der Waals surface area contributed by atoms with Crippen molar-refractivity contribution in [3.63, 3.8) is 0 Å². The van der Waals surface area contributed by atoms with Gasteiger partial charge < -0.3 is 14.7 Å². The standard InChI is InChI=1S/C29H35F3N4O3/c30-29(31,32)22-6-5-18-7-10-35(28(38)24(18)13-22)16-26(37)34-25-15-36(23-8-11-39-17-23)14-21(25)12-20-4-3-19-2-1-9-33-27(19)20/h1-2,5-6,9,13,20-21,23,25-26,34,37H,3-4,7-8,10-12,14-17H2. The maximum absolute atomic E-state index is 13.2. The molecule has 10 heteroatoms. The Kier molecular flexibility index (Phi) is 7.39. The number of benzene rings is 1. The Labute approximate surface area is 226 Å². The van der Waals surface area contributed by atoms with E-state index >= 15 is 0 Å². The molecule has 210 valence electrons. The van der Waals surface area contributed by atoms with Crippen LogP contribution in [-0.4, -0.2) is 83.5 Å². The fourth-order valence-corrected chi connectivity index (χ4v) is 6.91. The molecule has 7 nitrogen and oxygen atoms in total. The van der Waals surface area contributed by atoms with Crippen LogP contribution < -0.4 is 5.32 Å². The van der Waals surface area contributed by atoms with Crippen molar-refractivity contribution >= 4 is 5.91 Å². The normalized spacial score (nSPS) is 28.1. The van der Waals surface area contributed by atoms with Gasteiger partial charge in [-0.05, 0) is 67.3 Å². The van der Waals surface area contributed by atoms with Crippen LogP contribution in [0, 0.1) is 5.92 Å². The van der Waals surface area contributed by atoms with Crippen molar-refractivity contribution < 1.29 is 27.8 Å². The van der Waals surface area contributed by atoms with Crippen LogP contribution in [0.5, 0.6) is 0 Å². The predicted octanol–water partition coefficient (Wildman–Crippen LogP) is 3.22. The highest BCUT2D eigenvalue weighted by Gasteiger charge is 2.41. The van der Waals surface area contributed by atoms with E-state index in [0.717, 1.165) is 64.1 Å². The molecule has 5 atom stereocenters. The number of ether oxygens (including phenoxy) is 1. The van der Waals surface area contributed by atoms with E-state index in [9.17, 15) is 23.1 Å². The van der Waals surface area contributed by atoms with Gasteiger partial charge in [-0.2, -0.15) is 13.2 Å². The molecule has 4 heterocycles. The first-order valence-electron chi connectivity index (χ1n) is 14.0. The van der Waals surface area contributed by atoms with Crippen molar-refractivity contribution in [1.82, 2.24) is 20.1 Å². The maximum Gasteiger partial charge on any atom is 0.416 e. The molecule has 1 aromatic heterocycles. The van der Waals surface area contributed by atoms with Gasteiger partial charge >= 0.3 is 6.18 Å². The molecule has 0 saturated carbocycles. The second-order valence-electron chi connectivity index (χ2n) is 11.4. The van der Waals surface area contributed by atoms with E-state index in [1.807, 2.05) is 12.3 Å². The second-order valence-corrected chi connectivity index (χ2v) is 11.4. The Bertz CT molecular complexity index is 1200. The molecule has 2 aromatic rings. The van der Waals surface area contributed by atoms with Crippen LogP contribution in [0.4, 0.5) is 13.2 Å². The van der Waals surface area contributed by atoms with Crippen molar-refractivity contribution in [2.75, 3.05) is 39.4 Å². The van der Waals surface area contributed by atoms with Crippen molar-refractivity contribution in [3.8, 4) is 0 Å². The van der Waals surface area contributed by atoms with Crippen LogP contribution in [0.15, 0.2) is 36.5 Å². The van der Waals surface area contributed by atoms with Crippen LogP contribution in [0.1, 0.15) is 57.9 Å². The number of aromatic nitrogens is 1. The number of aryl methyl sites for hydroxylation is 1. The summed E-state index contributed by atoms with van der Waals surface area (Å²) in [5.74, 6) is 0.213. The first-order valence-corrected chi connectivity index (χ1v) is 14.0. The minimum Gasteiger partial charge on any atom is -0.380 e. The Hall–Kier alpha value is -2.53. The number of halogens is 3. The number of hydrogen-bond acceptors (Lipinski definition) is 6. The van der Waals surface area contributed by atoms with Crippen LogP contribution in [0.2, 0.25) is 0 Å². The molecule has 39 heavy (non-hydrogen) atoms. The van der Waals surface area contributed by atoms with Gasteiger partial charge in [-0.25, -0.2) is 0 Å². The molecule has 2 N–H and O–H groups in total. The highest BCUT2D eigenvalue weighted by atomic mass is 19.4. The average molecular weight is 545 g/mol. The number of aliphatic hydroxyl groups is 1. The molecule has 6 rings (SSSR count). The molecular weight excluding hydrogens is 509 g/mol. The van der Waals surface area contributed by atoms with Crippen molar-refractivity contribution in [2.45, 2.75) is 62.5 Å². The quantitative estimate of drug-likeness (QED) is 0.522. The lowest BCUT2D eigenvalue weighted by atomic mass is 9.89. The zero-order valence-corrected chi connectivity index (χ0v) is 21.9. The van der Waals surface area contributed by atoms with Gasteiger partial charge in [0.25, 0.3) is 5.91 Å². The summed E-state index contributed by atoms with van der Waals surface area (Å²) in [6.45, 7) is 3.56. The SMILES string of the molecule is O=C1c2cc(C(F)(F)F)ccc2CCN1CC(O)NC1CN(C2CCOC2)CC1CC1CCc2cccnc21. The molecule has 0 spiro atoms. The summed E-state index contributed by atoms with van der Waals surface area (Å²) in [4.78, 5) is 21.7. The Balaban J connectivity index is 1.13. The zero-order chi connectivity index (χ0) is 27.1. The molecule has 1 aromatic carbocycles. The number of nitrogens with zero attached hydrogens (tertiary/aromatic N) is 3. The molecule has 2 saturated heterocycles. The number of aliphatic hydroxyl groups excluding tert-OH is 1. The molecule has 1 aliphatic carbocycles. The highest BCUT2D eigenvalue weighted by Crippen LogP contribution is 2.39. The van der Waals surface area contributed by atoms with Gasteiger partial charge in [0.05, 0.1) is 18.7 Å². The summed E-state index contributed by atoms with van der Waals surface area (Å²) < 4.78 is 45.3. The minimum absolute atomic E-state index is 0.0253. The summed E-state index contributed by atoms with van der Waals surface area (Å²) in [5.41, 5.74) is 2.37. The van der Waals surface area contributed by atoms with Gasteiger partial charge in [-0.1, -0.05) is 12.1 Å². The number of pyridine rings is 1. The monoisotopic (exact) mass is 544 g/mol. The van der Waals surface area contributed by atoms with Gasteiger partial charge in [-0.3, -0.25) is 20.0 Å². The summed E-state index contributed by atoms with van der Waals surface area (Å²) >= 11 is 0. The fourth-order valence-electron chi connectivity index (χ4n) is 6.91. The van der Waals surface area contributed by atoms with Crippen molar-refractivity contribution in [3.05, 3.63) is 64.5 Å². The topological polar surface area (TPSA) is 77.9 Å². The van der Waals surface area contributed by atoms with Crippen LogP contribution in [0.3, 0.4) is 0 Å². The third-order valence-corrected chi connectivity index (χ3v) is 8.96. The Morgan fingerprint density at radius 2 is 2.03 bits per heavy atom. The number of likely N-dealkylation sites (tertiary alicyclic amines) is 1. The lowest BCUT2D eigenvalue weighted by molar-refractivity contribution is -0.137. The van der Waals surface area contributed by atoms with Crippen LogP contribution in [-0.2, 0) is 23.8 Å². The van der Waals surface area contributed by atoms with Crippen LogP contribution >= 0.6 is 0 Å². The third-order valence-electron chi connectivity index (χ3n) is 8.96. The van der Waals surface area contributed by atoms with E-state index in [0.29, 0.717) is 36.4 Å². The smallest absolute Gasteiger partial charge is 0.380 e. The largest absolute Gasteiger partial charge is 0.416 e. The average Bonchev–Trinajstić information content (AvgIpc) is 3.66. The van der Waals surface area contributed by atoms with E-state index in [4.69, 9.17) is 4.74 Å². The van der Waals surface area contributed by atoms with E-state index < -0.39 is 23.9 Å². The number of β-amino-alcohol motifs (C(OH)–C–C–N with tert-alkyl or cyclic N) is 1. The second kappa shape index (κ2) is 10.8. The number of carbonyl (C=O) groups excluding carboxylic acids is 1. The summed E-state index contributed by atoms with van der Waals surface area (Å²) in [7, 11) is 0. The number of nitrogens with one attached hydrogen (secondary N) is 1.